The standard InChI is InChI=1S/C29H50N4O4S/c1-21(2)31(5)20-24-12-16-33(17-13-24)26-10-8-25(9-11-26)30-28(34)14-15-32(6)38(35,36)29-22(3)18-27(37-7)19-23(29)4/h18-19,21,24-26H,8-17,20H2,1-7H3,(H,30,34)/t25-,26+. The van der Waals surface area contributed by atoms with Crippen LogP contribution >= 0.6 is 0 Å². The highest BCUT2D eigenvalue weighted by atomic mass is 32.2. The van der Waals surface area contributed by atoms with Crippen molar-refractivity contribution in [2.45, 2.75) is 95.7 Å². The summed E-state index contributed by atoms with van der Waals surface area (Å²) in [5.74, 6) is 1.36. The monoisotopic (exact) mass is 550 g/mol. The fraction of sp³-hybridized carbons (Fsp3) is 0.759. The Balaban J connectivity index is 1.41. The smallest absolute Gasteiger partial charge is 0.243 e. The summed E-state index contributed by atoms with van der Waals surface area (Å²) in [6.07, 6.45) is 6.93. The van der Waals surface area contributed by atoms with E-state index in [0.29, 0.717) is 29.0 Å². The Labute approximate surface area is 231 Å². The number of hydrogen-bond acceptors (Lipinski definition) is 6. The van der Waals surface area contributed by atoms with E-state index in [1.807, 2.05) is 0 Å². The molecule has 1 heterocycles. The van der Waals surface area contributed by atoms with Gasteiger partial charge in [-0.25, -0.2) is 12.7 Å². The highest BCUT2D eigenvalue weighted by Gasteiger charge is 2.30. The van der Waals surface area contributed by atoms with E-state index in [4.69, 9.17) is 4.74 Å². The first-order valence-electron chi connectivity index (χ1n) is 14.3. The maximum absolute atomic E-state index is 13.2. The van der Waals surface area contributed by atoms with Gasteiger partial charge in [-0.1, -0.05) is 0 Å². The van der Waals surface area contributed by atoms with Crippen LogP contribution in [0.4, 0.5) is 0 Å². The van der Waals surface area contributed by atoms with Crippen LogP contribution in [0.25, 0.3) is 0 Å². The molecule has 0 spiro atoms. The molecule has 0 atom stereocenters. The highest BCUT2D eigenvalue weighted by Crippen LogP contribution is 2.29. The second kappa shape index (κ2) is 13.6. The molecule has 0 radical (unpaired) electrons. The van der Waals surface area contributed by atoms with Crippen LogP contribution in [0.1, 0.15) is 69.9 Å². The summed E-state index contributed by atoms with van der Waals surface area (Å²) in [5, 5.41) is 3.16. The number of likely N-dealkylation sites (tertiary alicyclic amines) is 1. The number of nitrogens with one attached hydrogen (secondary N) is 1. The number of aryl methyl sites for hydroxylation is 2. The minimum Gasteiger partial charge on any atom is -0.497 e. The third kappa shape index (κ3) is 7.93. The number of hydrogen-bond donors (Lipinski definition) is 1. The molecule has 1 amide bonds. The first kappa shape index (κ1) is 30.9. The predicted octanol–water partition coefficient (Wildman–Crippen LogP) is 3.80. The number of sulfonamides is 1. The van der Waals surface area contributed by atoms with Crippen molar-refractivity contribution in [1.29, 1.82) is 0 Å². The lowest BCUT2D eigenvalue weighted by Crippen LogP contribution is -2.47. The van der Waals surface area contributed by atoms with Crippen molar-refractivity contribution < 1.29 is 17.9 Å². The summed E-state index contributed by atoms with van der Waals surface area (Å²) in [4.78, 5) is 18.1. The predicted molar refractivity (Wildman–Crippen MR) is 153 cm³/mol. The van der Waals surface area contributed by atoms with Gasteiger partial charge in [0.1, 0.15) is 5.75 Å². The van der Waals surface area contributed by atoms with Gasteiger partial charge in [0.05, 0.1) is 12.0 Å². The van der Waals surface area contributed by atoms with E-state index in [0.717, 1.165) is 31.6 Å². The summed E-state index contributed by atoms with van der Waals surface area (Å²) >= 11 is 0. The minimum absolute atomic E-state index is 0.0752. The number of piperidine rings is 1. The lowest BCUT2D eigenvalue weighted by atomic mass is 9.87. The molecule has 1 aliphatic heterocycles. The normalized spacial score (nSPS) is 21.8. The number of carbonyl (C=O) groups is 1. The fourth-order valence-electron chi connectivity index (χ4n) is 5.97. The van der Waals surface area contributed by atoms with E-state index in [9.17, 15) is 13.2 Å². The number of rotatable bonds is 11. The van der Waals surface area contributed by atoms with Crippen LogP contribution in [0.3, 0.4) is 0 Å². The number of benzene rings is 1. The summed E-state index contributed by atoms with van der Waals surface area (Å²) in [5.41, 5.74) is 1.28. The van der Waals surface area contributed by atoms with Crippen LogP contribution in [-0.4, -0.2) is 93.9 Å². The summed E-state index contributed by atoms with van der Waals surface area (Å²) in [7, 11) is 1.64. The number of ether oxygens (including phenoxy) is 1. The zero-order chi connectivity index (χ0) is 28.0. The molecule has 2 aliphatic rings. The highest BCUT2D eigenvalue weighted by molar-refractivity contribution is 7.89. The zero-order valence-corrected chi connectivity index (χ0v) is 25.4. The van der Waals surface area contributed by atoms with Gasteiger partial charge in [0, 0.05) is 44.7 Å². The minimum atomic E-state index is -3.70. The molecular weight excluding hydrogens is 500 g/mol. The number of amides is 1. The molecule has 0 bridgehead atoms. The topological polar surface area (TPSA) is 82.2 Å². The Bertz CT molecular complexity index is 1010. The van der Waals surface area contributed by atoms with Crippen molar-refractivity contribution in [2.24, 2.45) is 5.92 Å². The second-order valence-corrected chi connectivity index (χ2v) is 13.7. The zero-order valence-electron chi connectivity index (χ0n) is 24.6. The second-order valence-electron chi connectivity index (χ2n) is 11.8. The molecule has 1 saturated heterocycles. The van der Waals surface area contributed by atoms with E-state index in [1.165, 1.54) is 36.8 Å². The van der Waals surface area contributed by atoms with Crippen molar-refractivity contribution in [3.8, 4) is 5.75 Å². The van der Waals surface area contributed by atoms with Gasteiger partial charge in [0.2, 0.25) is 15.9 Å². The molecule has 1 aromatic rings. The molecule has 0 aromatic heterocycles. The van der Waals surface area contributed by atoms with Crippen molar-refractivity contribution in [3.05, 3.63) is 23.3 Å². The molecule has 8 nitrogen and oxygen atoms in total. The quantitative estimate of drug-likeness (QED) is 0.451. The average molecular weight is 551 g/mol. The maximum atomic E-state index is 13.2. The fourth-order valence-corrected chi connectivity index (χ4v) is 7.55. The third-order valence-corrected chi connectivity index (χ3v) is 10.8. The molecule has 3 rings (SSSR count). The maximum Gasteiger partial charge on any atom is 0.243 e. The number of nitrogens with zero attached hydrogens (tertiary/aromatic N) is 3. The molecule has 0 unspecified atom stereocenters. The number of carbonyl (C=O) groups excluding carboxylic acids is 1. The van der Waals surface area contributed by atoms with Gasteiger partial charge in [0.25, 0.3) is 0 Å². The molecule has 1 aliphatic carbocycles. The Hall–Kier alpha value is -1.68. The lowest BCUT2D eigenvalue weighted by Gasteiger charge is -2.41. The largest absolute Gasteiger partial charge is 0.497 e. The first-order chi connectivity index (χ1) is 17.9. The molecule has 1 N–H and O–H groups in total. The van der Waals surface area contributed by atoms with Crippen LogP contribution < -0.4 is 10.1 Å². The lowest BCUT2D eigenvalue weighted by molar-refractivity contribution is -0.122. The van der Waals surface area contributed by atoms with Crippen molar-refractivity contribution in [3.63, 3.8) is 0 Å². The van der Waals surface area contributed by atoms with Crippen LogP contribution in [0.15, 0.2) is 17.0 Å². The van der Waals surface area contributed by atoms with Crippen LogP contribution in [0.2, 0.25) is 0 Å². The van der Waals surface area contributed by atoms with Gasteiger partial charge in [-0.2, -0.15) is 0 Å². The summed E-state index contributed by atoms with van der Waals surface area (Å²) in [6, 6.07) is 4.86. The molecule has 38 heavy (non-hydrogen) atoms. The third-order valence-electron chi connectivity index (χ3n) is 8.65. The summed E-state index contributed by atoms with van der Waals surface area (Å²) in [6.45, 7) is 11.8. The Morgan fingerprint density at radius 3 is 2.16 bits per heavy atom. The SMILES string of the molecule is COc1cc(C)c(S(=O)(=O)N(C)CCC(=O)N[C@H]2CC[C@@H](N3CCC(CN(C)C(C)C)CC3)CC2)c(C)c1. The Kier molecular flexibility index (Phi) is 11.0. The van der Waals surface area contributed by atoms with E-state index < -0.39 is 10.0 Å². The molecule has 9 heteroatoms. The molecular formula is C29H50N4O4S. The Morgan fingerprint density at radius 1 is 1.05 bits per heavy atom. The molecule has 1 saturated carbocycles. The molecule has 2 fully saturated rings. The van der Waals surface area contributed by atoms with Crippen molar-refractivity contribution >= 4 is 15.9 Å². The van der Waals surface area contributed by atoms with Gasteiger partial charge < -0.3 is 19.9 Å². The average Bonchev–Trinajstić information content (AvgIpc) is 2.87. The van der Waals surface area contributed by atoms with Gasteiger partial charge in [-0.3, -0.25) is 4.79 Å². The van der Waals surface area contributed by atoms with Crippen molar-refractivity contribution in [2.75, 3.05) is 47.4 Å². The van der Waals surface area contributed by atoms with Crippen LogP contribution in [0, 0.1) is 19.8 Å². The number of methoxy groups -OCH3 is 1. The van der Waals surface area contributed by atoms with Crippen LogP contribution in [0.5, 0.6) is 5.75 Å². The first-order valence-corrected chi connectivity index (χ1v) is 15.7. The summed E-state index contributed by atoms with van der Waals surface area (Å²) < 4.78 is 33.0. The van der Waals surface area contributed by atoms with Gasteiger partial charge >= 0.3 is 0 Å². The van der Waals surface area contributed by atoms with E-state index >= 15 is 0 Å². The Morgan fingerprint density at radius 2 is 1.63 bits per heavy atom. The molecule has 1 aromatic carbocycles. The molecule has 216 valence electrons. The van der Waals surface area contributed by atoms with Crippen molar-refractivity contribution in [1.82, 2.24) is 19.4 Å². The van der Waals surface area contributed by atoms with E-state index in [1.54, 1.807) is 40.1 Å². The van der Waals surface area contributed by atoms with Gasteiger partial charge in [0.15, 0.2) is 0 Å². The van der Waals surface area contributed by atoms with E-state index in [-0.39, 0.29) is 29.8 Å². The van der Waals surface area contributed by atoms with Crippen LogP contribution in [-0.2, 0) is 14.8 Å². The van der Waals surface area contributed by atoms with Gasteiger partial charge in [-0.15, -0.1) is 0 Å². The van der Waals surface area contributed by atoms with E-state index in [2.05, 4.69) is 36.0 Å². The van der Waals surface area contributed by atoms with Gasteiger partial charge in [-0.05, 0) is 116 Å².